The van der Waals surface area contributed by atoms with Crippen molar-refractivity contribution >= 4 is 39.7 Å². The van der Waals surface area contributed by atoms with E-state index in [9.17, 15) is 19.7 Å². The summed E-state index contributed by atoms with van der Waals surface area (Å²) in [6.07, 6.45) is 3.10. The van der Waals surface area contributed by atoms with E-state index in [2.05, 4.69) is 15.0 Å². The van der Waals surface area contributed by atoms with Crippen LogP contribution in [-0.4, -0.2) is 42.0 Å². The van der Waals surface area contributed by atoms with Crippen molar-refractivity contribution in [2.45, 2.75) is 26.2 Å². The number of hydrogen-bond donors (Lipinski definition) is 1. The van der Waals surface area contributed by atoms with Crippen LogP contribution in [-0.2, 0) is 4.74 Å². The van der Waals surface area contributed by atoms with Gasteiger partial charge in [0.2, 0.25) is 0 Å². The van der Waals surface area contributed by atoms with Gasteiger partial charge in [0.05, 0.1) is 17.7 Å². The Morgan fingerprint density at radius 3 is 2.64 bits per heavy atom. The minimum absolute atomic E-state index is 0.0971. The summed E-state index contributed by atoms with van der Waals surface area (Å²) in [4.78, 5) is 41.7. The van der Waals surface area contributed by atoms with Gasteiger partial charge in [-0.15, -0.1) is 0 Å². The van der Waals surface area contributed by atoms with E-state index in [-0.39, 0.29) is 16.4 Å². The third kappa shape index (κ3) is 4.11. The van der Waals surface area contributed by atoms with Crippen LogP contribution in [0.3, 0.4) is 0 Å². The third-order valence-corrected chi connectivity index (χ3v) is 5.57. The van der Waals surface area contributed by atoms with Gasteiger partial charge in [-0.2, -0.15) is 0 Å². The molecule has 1 aliphatic heterocycles. The molecule has 2 heterocycles. The summed E-state index contributed by atoms with van der Waals surface area (Å²) in [6.45, 7) is 3.17. The van der Waals surface area contributed by atoms with Gasteiger partial charge in [-0.3, -0.25) is 20.2 Å². The van der Waals surface area contributed by atoms with Crippen LogP contribution in [0.4, 0.5) is 16.5 Å². The smallest absolute Gasteiger partial charge is 0.350 e. The summed E-state index contributed by atoms with van der Waals surface area (Å²) in [5.74, 6) is -1.06. The van der Waals surface area contributed by atoms with E-state index in [4.69, 9.17) is 0 Å². The number of amides is 1. The van der Waals surface area contributed by atoms with Crippen LogP contribution in [0.25, 0.3) is 0 Å². The Morgan fingerprint density at radius 1 is 1.29 bits per heavy atom. The number of hydrogen-bond acceptors (Lipinski definition) is 8. The van der Waals surface area contributed by atoms with E-state index in [1.807, 2.05) is 4.90 Å². The molecular weight excluding hydrogens is 384 g/mol. The molecule has 1 aromatic carbocycles. The van der Waals surface area contributed by atoms with E-state index in [0.717, 1.165) is 43.7 Å². The van der Waals surface area contributed by atoms with Crippen molar-refractivity contribution < 1.29 is 19.2 Å². The third-order valence-electron chi connectivity index (χ3n) is 4.52. The molecule has 0 aliphatic carbocycles. The zero-order valence-electron chi connectivity index (χ0n) is 15.6. The van der Waals surface area contributed by atoms with E-state index in [1.165, 1.54) is 13.2 Å². The number of benzene rings is 1. The van der Waals surface area contributed by atoms with Crippen molar-refractivity contribution in [3.63, 3.8) is 0 Å². The molecule has 9 nitrogen and oxygen atoms in total. The van der Waals surface area contributed by atoms with Gasteiger partial charge in [0.15, 0.2) is 5.13 Å². The van der Waals surface area contributed by atoms with Crippen LogP contribution in [0, 0.1) is 17.0 Å². The number of nitrogens with one attached hydrogen (secondary N) is 1. The number of piperidine rings is 1. The Morgan fingerprint density at radius 2 is 2.00 bits per heavy atom. The van der Waals surface area contributed by atoms with Crippen molar-refractivity contribution in [1.29, 1.82) is 0 Å². The monoisotopic (exact) mass is 404 g/mol. The molecule has 0 saturated carbocycles. The molecule has 1 N–H and O–H groups in total. The lowest BCUT2D eigenvalue weighted by molar-refractivity contribution is -0.384. The number of thiazole rings is 1. The number of aryl methyl sites for hydroxylation is 1. The molecule has 1 aliphatic rings. The van der Waals surface area contributed by atoms with Gasteiger partial charge in [-0.05, 0) is 38.3 Å². The first-order valence-corrected chi connectivity index (χ1v) is 9.63. The second kappa shape index (κ2) is 8.34. The average molecular weight is 404 g/mol. The Balaban J connectivity index is 1.83. The standard InChI is InChI=1S/C18H20N4O5S/c1-11-15(17(24)27-2)28-18(19-11)20-16(23)12-6-7-13(14(10-12)22(25)26)21-8-4-3-5-9-21/h6-7,10H,3-5,8-9H2,1-2H3,(H,19,20,23). The Hall–Kier alpha value is -3.01. The van der Waals surface area contributed by atoms with E-state index < -0.39 is 16.8 Å². The zero-order chi connectivity index (χ0) is 20.3. The largest absolute Gasteiger partial charge is 0.465 e. The number of aromatic nitrogens is 1. The molecule has 0 radical (unpaired) electrons. The molecule has 10 heteroatoms. The molecule has 148 valence electrons. The SMILES string of the molecule is COC(=O)c1sc(NC(=O)c2ccc(N3CCCCC3)c([N+](=O)[O-])c2)nc1C. The number of methoxy groups -OCH3 is 1. The average Bonchev–Trinajstić information content (AvgIpc) is 3.07. The molecule has 0 spiro atoms. The fraction of sp³-hybridized carbons (Fsp3) is 0.389. The molecule has 28 heavy (non-hydrogen) atoms. The maximum atomic E-state index is 12.5. The van der Waals surface area contributed by atoms with E-state index in [1.54, 1.807) is 19.1 Å². The number of ether oxygens (including phenoxy) is 1. The molecule has 2 aromatic rings. The normalized spacial score (nSPS) is 13.9. The lowest BCUT2D eigenvalue weighted by atomic mass is 10.1. The Kier molecular flexibility index (Phi) is 5.88. The zero-order valence-corrected chi connectivity index (χ0v) is 16.4. The molecule has 3 rings (SSSR count). The number of carbonyl (C=O) groups excluding carboxylic acids is 2. The Bertz CT molecular complexity index is 921. The second-order valence-corrected chi connectivity index (χ2v) is 7.39. The number of rotatable bonds is 5. The van der Waals surface area contributed by atoms with E-state index >= 15 is 0 Å². The molecule has 0 unspecified atom stereocenters. The summed E-state index contributed by atoms with van der Waals surface area (Å²) in [5, 5.41) is 14.4. The predicted molar refractivity (Wildman–Crippen MR) is 105 cm³/mol. The first-order chi connectivity index (χ1) is 13.4. The molecule has 1 fully saturated rings. The highest BCUT2D eigenvalue weighted by atomic mass is 32.1. The lowest BCUT2D eigenvalue weighted by Crippen LogP contribution is -2.30. The van der Waals surface area contributed by atoms with Crippen molar-refractivity contribution in [1.82, 2.24) is 4.98 Å². The van der Waals surface area contributed by atoms with Gasteiger partial charge in [0.25, 0.3) is 11.6 Å². The van der Waals surface area contributed by atoms with Gasteiger partial charge in [0, 0.05) is 24.7 Å². The number of carbonyl (C=O) groups is 2. The predicted octanol–water partition coefficient (Wildman–Crippen LogP) is 3.39. The fourth-order valence-corrected chi connectivity index (χ4v) is 3.99. The summed E-state index contributed by atoms with van der Waals surface area (Å²) in [6, 6.07) is 4.46. The van der Waals surface area contributed by atoms with Gasteiger partial charge >= 0.3 is 5.97 Å². The van der Waals surface area contributed by atoms with Crippen LogP contribution < -0.4 is 10.2 Å². The van der Waals surface area contributed by atoms with Crippen LogP contribution >= 0.6 is 11.3 Å². The number of nitro groups is 1. The summed E-state index contributed by atoms with van der Waals surface area (Å²) >= 11 is 0.992. The number of esters is 1. The van der Waals surface area contributed by atoms with Crippen molar-refractivity contribution in [2.75, 3.05) is 30.4 Å². The van der Waals surface area contributed by atoms with Gasteiger partial charge in [-0.25, -0.2) is 9.78 Å². The number of nitrogens with zero attached hydrogens (tertiary/aromatic N) is 3. The summed E-state index contributed by atoms with van der Waals surface area (Å²) in [7, 11) is 1.27. The van der Waals surface area contributed by atoms with Crippen LogP contribution in [0.1, 0.15) is 45.0 Å². The molecule has 0 atom stereocenters. The van der Waals surface area contributed by atoms with Crippen molar-refractivity contribution in [2.24, 2.45) is 0 Å². The highest BCUT2D eigenvalue weighted by Gasteiger charge is 2.24. The second-order valence-electron chi connectivity index (χ2n) is 6.39. The van der Waals surface area contributed by atoms with Crippen molar-refractivity contribution in [3.05, 3.63) is 44.4 Å². The maximum absolute atomic E-state index is 12.5. The van der Waals surface area contributed by atoms with Gasteiger partial charge in [-0.1, -0.05) is 11.3 Å². The van der Waals surface area contributed by atoms with E-state index in [0.29, 0.717) is 16.3 Å². The highest BCUT2D eigenvalue weighted by Crippen LogP contribution is 2.32. The number of nitro benzene ring substituents is 1. The van der Waals surface area contributed by atoms with Crippen molar-refractivity contribution in [3.8, 4) is 0 Å². The molecule has 1 amide bonds. The summed E-state index contributed by atoms with van der Waals surface area (Å²) < 4.78 is 4.67. The molecule has 1 aromatic heterocycles. The van der Waals surface area contributed by atoms with Gasteiger partial charge in [0.1, 0.15) is 10.6 Å². The minimum atomic E-state index is -0.531. The lowest BCUT2D eigenvalue weighted by Gasteiger charge is -2.28. The van der Waals surface area contributed by atoms with Crippen LogP contribution in [0.15, 0.2) is 18.2 Å². The quantitative estimate of drug-likeness (QED) is 0.461. The molecular formula is C18H20N4O5S. The minimum Gasteiger partial charge on any atom is -0.465 e. The van der Waals surface area contributed by atoms with Gasteiger partial charge < -0.3 is 9.64 Å². The summed E-state index contributed by atoms with van der Waals surface area (Å²) in [5.41, 5.74) is 1.03. The van der Waals surface area contributed by atoms with Crippen LogP contribution in [0.2, 0.25) is 0 Å². The number of anilines is 2. The first-order valence-electron chi connectivity index (χ1n) is 8.81. The maximum Gasteiger partial charge on any atom is 0.350 e. The molecule has 0 bridgehead atoms. The molecule has 1 saturated heterocycles. The topological polar surface area (TPSA) is 115 Å². The first kappa shape index (κ1) is 19.7. The fourth-order valence-electron chi connectivity index (χ4n) is 3.11. The highest BCUT2D eigenvalue weighted by molar-refractivity contribution is 7.17. The van der Waals surface area contributed by atoms with Crippen LogP contribution in [0.5, 0.6) is 0 Å². The Labute approximate surface area is 165 Å².